The predicted octanol–water partition coefficient (Wildman–Crippen LogP) is 1.69. The second-order valence-electron chi connectivity index (χ2n) is 4.15. The lowest BCUT2D eigenvalue weighted by Crippen LogP contribution is -2.17. The van der Waals surface area contributed by atoms with Crippen molar-refractivity contribution in [3.05, 3.63) is 34.4 Å². The van der Waals surface area contributed by atoms with Crippen molar-refractivity contribution in [2.75, 3.05) is 13.7 Å². The highest BCUT2D eigenvalue weighted by molar-refractivity contribution is 5.90. The van der Waals surface area contributed by atoms with Crippen molar-refractivity contribution in [2.45, 2.75) is 26.9 Å². The molecule has 5 nitrogen and oxygen atoms in total. The van der Waals surface area contributed by atoms with Gasteiger partial charge in [-0.2, -0.15) is 0 Å². The Morgan fingerprint density at radius 1 is 1.32 bits per heavy atom. The first-order valence-electron chi connectivity index (χ1n) is 5.96. The topological polar surface area (TPSA) is 72.8 Å². The summed E-state index contributed by atoms with van der Waals surface area (Å²) in [5.41, 5.74) is 2.19. The van der Waals surface area contributed by atoms with Crippen LogP contribution in [0.25, 0.3) is 0 Å². The molecule has 1 atom stereocenters. The normalized spacial score (nSPS) is 11.8. The monoisotopic (exact) mass is 266 g/mol. The van der Waals surface area contributed by atoms with Gasteiger partial charge in [-0.05, 0) is 49.6 Å². The molecular formula is C14H18O5. The lowest BCUT2D eigenvalue weighted by atomic mass is 9.96. The summed E-state index contributed by atoms with van der Waals surface area (Å²) in [6.45, 7) is 5.41. The fourth-order valence-corrected chi connectivity index (χ4v) is 1.75. The zero-order valence-electron chi connectivity index (χ0n) is 11.5. The van der Waals surface area contributed by atoms with Gasteiger partial charge in [0.2, 0.25) is 0 Å². The predicted molar refractivity (Wildman–Crippen MR) is 68.8 cm³/mol. The summed E-state index contributed by atoms with van der Waals surface area (Å²) in [6.07, 6.45) is -1.40. The molecule has 0 spiro atoms. The summed E-state index contributed by atoms with van der Waals surface area (Å²) in [7, 11) is 1.28. The summed E-state index contributed by atoms with van der Waals surface area (Å²) in [5.74, 6) is -1.24. The van der Waals surface area contributed by atoms with Crippen LogP contribution in [0, 0.1) is 13.8 Å². The van der Waals surface area contributed by atoms with Gasteiger partial charge < -0.3 is 14.6 Å². The van der Waals surface area contributed by atoms with Gasteiger partial charge in [-0.25, -0.2) is 9.59 Å². The molecule has 5 heteroatoms. The minimum absolute atomic E-state index is 0.185. The number of aliphatic hydroxyl groups is 1. The Morgan fingerprint density at radius 2 is 1.95 bits per heavy atom. The van der Waals surface area contributed by atoms with Crippen LogP contribution in [0.1, 0.15) is 40.1 Å². The van der Waals surface area contributed by atoms with Crippen LogP contribution >= 0.6 is 0 Å². The van der Waals surface area contributed by atoms with Crippen molar-refractivity contribution in [1.82, 2.24) is 0 Å². The Kier molecular flexibility index (Phi) is 5.06. The van der Waals surface area contributed by atoms with Gasteiger partial charge >= 0.3 is 11.9 Å². The van der Waals surface area contributed by atoms with Crippen LogP contribution in [0.4, 0.5) is 0 Å². The maximum atomic E-state index is 11.6. The van der Waals surface area contributed by atoms with Crippen molar-refractivity contribution in [2.24, 2.45) is 0 Å². The zero-order valence-corrected chi connectivity index (χ0v) is 11.5. The number of methoxy groups -OCH3 is 1. The van der Waals surface area contributed by atoms with E-state index in [1.807, 2.05) is 0 Å². The Bertz CT molecular complexity index is 493. The van der Waals surface area contributed by atoms with E-state index in [1.54, 1.807) is 26.8 Å². The van der Waals surface area contributed by atoms with E-state index < -0.39 is 18.0 Å². The molecule has 0 saturated carbocycles. The van der Waals surface area contributed by atoms with E-state index in [-0.39, 0.29) is 6.61 Å². The molecule has 1 unspecified atom stereocenters. The number of benzene rings is 1. The maximum absolute atomic E-state index is 11.6. The van der Waals surface area contributed by atoms with Crippen LogP contribution in [0.5, 0.6) is 0 Å². The van der Waals surface area contributed by atoms with Crippen molar-refractivity contribution in [1.29, 1.82) is 0 Å². The van der Waals surface area contributed by atoms with E-state index in [0.717, 1.165) is 11.1 Å². The number of rotatable bonds is 4. The van der Waals surface area contributed by atoms with Crippen molar-refractivity contribution < 1.29 is 24.2 Å². The number of hydrogen-bond donors (Lipinski definition) is 1. The summed E-state index contributed by atoms with van der Waals surface area (Å²) in [4.78, 5) is 23.1. The number of carbonyl (C=O) groups is 2. The molecule has 0 aliphatic heterocycles. The first-order chi connectivity index (χ1) is 8.92. The highest BCUT2D eigenvalue weighted by Crippen LogP contribution is 2.24. The minimum atomic E-state index is -1.40. The summed E-state index contributed by atoms with van der Waals surface area (Å²) in [6, 6.07) is 3.11. The quantitative estimate of drug-likeness (QED) is 0.839. The Balaban J connectivity index is 3.22. The summed E-state index contributed by atoms with van der Waals surface area (Å²) >= 11 is 0. The molecule has 1 aromatic rings. The number of hydrogen-bond acceptors (Lipinski definition) is 5. The average molecular weight is 266 g/mol. The van der Waals surface area contributed by atoms with Crippen LogP contribution in [0.15, 0.2) is 12.1 Å². The van der Waals surface area contributed by atoms with Crippen molar-refractivity contribution >= 4 is 11.9 Å². The molecule has 0 saturated heterocycles. The van der Waals surface area contributed by atoms with Crippen LogP contribution in [0.2, 0.25) is 0 Å². The van der Waals surface area contributed by atoms with E-state index >= 15 is 0 Å². The zero-order chi connectivity index (χ0) is 14.6. The second-order valence-corrected chi connectivity index (χ2v) is 4.15. The molecule has 0 fully saturated rings. The number of aryl methyl sites for hydroxylation is 1. The molecule has 0 heterocycles. The first-order valence-corrected chi connectivity index (χ1v) is 5.96. The maximum Gasteiger partial charge on any atom is 0.339 e. The lowest BCUT2D eigenvalue weighted by molar-refractivity contribution is -0.153. The fourth-order valence-electron chi connectivity index (χ4n) is 1.75. The molecule has 1 rings (SSSR count). The SMILES string of the molecule is CCOC(=O)C(O)c1cc(C(=O)OC)cc(C)c1C. The average Bonchev–Trinajstić information content (AvgIpc) is 2.40. The highest BCUT2D eigenvalue weighted by atomic mass is 16.5. The first kappa shape index (κ1) is 15.2. The Morgan fingerprint density at radius 3 is 2.47 bits per heavy atom. The number of carbonyl (C=O) groups excluding carboxylic acids is 2. The number of aliphatic hydroxyl groups excluding tert-OH is 1. The lowest BCUT2D eigenvalue weighted by Gasteiger charge is -2.15. The molecule has 0 aliphatic rings. The summed E-state index contributed by atoms with van der Waals surface area (Å²) < 4.78 is 9.41. The van der Waals surface area contributed by atoms with E-state index in [1.165, 1.54) is 13.2 Å². The minimum Gasteiger partial charge on any atom is -0.465 e. The van der Waals surface area contributed by atoms with Gasteiger partial charge in [0.25, 0.3) is 0 Å². The van der Waals surface area contributed by atoms with Crippen LogP contribution in [0.3, 0.4) is 0 Å². The smallest absolute Gasteiger partial charge is 0.339 e. The molecule has 1 aromatic carbocycles. The third-order valence-corrected chi connectivity index (χ3v) is 2.93. The summed E-state index contributed by atoms with van der Waals surface area (Å²) in [5, 5.41) is 9.98. The highest BCUT2D eigenvalue weighted by Gasteiger charge is 2.23. The van der Waals surface area contributed by atoms with Gasteiger partial charge in [-0.3, -0.25) is 0 Å². The number of esters is 2. The number of ether oxygens (including phenoxy) is 2. The molecule has 19 heavy (non-hydrogen) atoms. The van der Waals surface area contributed by atoms with E-state index in [2.05, 4.69) is 4.74 Å². The van der Waals surface area contributed by atoms with Gasteiger partial charge in [0.15, 0.2) is 6.10 Å². The molecule has 0 bridgehead atoms. The molecule has 0 aliphatic carbocycles. The van der Waals surface area contributed by atoms with Crippen molar-refractivity contribution in [3.8, 4) is 0 Å². The molecule has 0 radical (unpaired) electrons. The Hall–Kier alpha value is -1.88. The van der Waals surface area contributed by atoms with Gasteiger partial charge in [-0.15, -0.1) is 0 Å². The molecule has 1 N–H and O–H groups in total. The largest absolute Gasteiger partial charge is 0.465 e. The molecule has 104 valence electrons. The molecular weight excluding hydrogens is 248 g/mol. The van der Waals surface area contributed by atoms with E-state index in [0.29, 0.717) is 11.1 Å². The van der Waals surface area contributed by atoms with E-state index in [9.17, 15) is 14.7 Å². The van der Waals surface area contributed by atoms with Gasteiger partial charge in [0.1, 0.15) is 0 Å². The third-order valence-electron chi connectivity index (χ3n) is 2.93. The molecule has 0 aromatic heterocycles. The van der Waals surface area contributed by atoms with Gasteiger partial charge in [0, 0.05) is 0 Å². The van der Waals surface area contributed by atoms with Crippen LogP contribution in [-0.2, 0) is 14.3 Å². The van der Waals surface area contributed by atoms with Crippen LogP contribution < -0.4 is 0 Å². The van der Waals surface area contributed by atoms with Crippen molar-refractivity contribution in [3.63, 3.8) is 0 Å². The third kappa shape index (κ3) is 3.32. The second kappa shape index (κ2) is 6.33. The van der Waals surface area contributed by atoms with Crippen LogP contribution in [-0.4, -0.2) is 30.8 Å². The Labute approximate surface area is 112 Å². The molecule has 0 amide bonds. The van der Waals surface area contributed by atoms with Gasteiger partial charge in [-0.1, -0.05) is 0 Å². The fraction of sp³-hybridized carbons (Fsp3) is 0.429. The van der Waals surface area contributed by atoms with Gasteiger partial charge in [0.05, 0.1) is 19.3 Å². The standard InChI is InChI=1S/C14H18O5/c1-5-19-14(17)12(15)11-7-10(13(16)18-4)6-8(2)9(11)3/h6-7,12,15H,5H2,1-4H3. The van der Waals surface area contributed by atoms with E-state index in [4.69, 9.17) is 4.74 Å².